The number of nitrogens with zero attached hydrogens (tertiary/aromatic N) is 1. The minimum absolute atomic E-state index is 0.193. The Kier molecular flexibility index (Phi) is 4.45. The molecule has 0 aliphatic carbocycles. The average Bonchev–Trinajstić information content (AvgIpc) is 2.39. The van der Waals surface area contributed by atoms with Gasteiger partial charge in [-0.3, -0.25) is 9.59 Å². The van der Waals surface area contributed by atoms with Crippen molar-refractivity contribution in [2.24, 2.45) is 17.1 Å². The van der Waals surface area contributed by atoms with Crippen LogP contribution in [0.4, 0.5) is 0 Å². The van der Waals surface area contributed by atoms with Gasteiger partial charge in [-0.2, -0.15) is 0 Å². The Labute approximate surface area is 114 Å². The van der Waals surface area contributed by atoms with E-state index < -0.39 is 0 Å². The molecule has 0 atom stereocenters. The van der Waals surface area contributed by atoms with Gasteiger partial charge in [0.15, 0.2) is 0 Å². The van der Waals surface area contributed by atoms with Crippen molar-refractivity contribution in [1.29, 1.82) is 0 Å². The zero-order valence-electron chi connectivity index (χ0n) is 11.8. The van der Waals surface area contributed by atoms with Crippen molar-refractivity contribution < 1.29 is 9.59 Å². The van der Waals surface area contributed by atoms with E-state index in [1.54, 1.807) is 0 Å². The van der Waals surface area contributed by atoms with Crippen molar-refractivity contribution in [2.45, 2.75) is 39.0 Å². The van der Waals surface area contributed by atoms with Crippen molar-refractivity contribution in [3.05, 3.63) is 0 Å². The van der Waals surface area contributed by atoms with Gasteiger partial charge in [-0.25, -0.2) is 0 Å². The molecule has 0 aromatic heterocycles. The molecule has 2 saturated heterocycles. The van der Waals surface area contributed by atoms with Crippen LogP contribution in [-0.4, -0.2) is 42.9 Å². The summed E-state index contributed by atoms with van der Waals surface area (Å²) in [7, 11) is 0. The molecule has 0 radical (unpaired) electrons. The lowest BCUT2D eigenvalue weighted by atomic mass is 9.79. The van der Waals surface area contributed by atoms with Crippen LogP contribution >= 0.6 is 0 Å². The van der Waals surface area contributed by atoms with Gasteiger partial charge in [0.1, 0.15) is 0 Å². The van der Waals surface area contributed by atoms with Crippen LogP contribution in [0, 0.1) is 11.3 Å². The van der Waals surface area contributed by atoms with Gasteiger partial charge in [0.05, 0.1) is 0 Å². The van der Waals surface area contributed by atoms with E-state index in [4.69, 9.17) is 5.73 Å². The third-order valence-corrected chi connectivity index (χ3v) is 4.62. The van der Waals surface area contributed by atoms with Crippen LogP contribution < -0.4 is 11.1 Å². The highest BCUT2D eigenvalue weighted by Gasteiger charge is 2.38. The summed E-state index contributed by atoms with van der Waals surface area (Å²) in [4.78, 5) is 25.5. The number of amides is 2. The number of nitrogens with two attached hydrogens (primary N) is 1. The van der Waals surface area contributed by atoms with Gasteiger partial charge < -0.3 is 16.0 Å². The number of carbonyl (C=O) groups is 2. The van der Waals surface area contributed by atoms with Crippen molar-refractivity contribution in [1.82, 2.24) is 10.2 Å². The first-order chi connectivity index (χ1) is 9.01. The first-order valence-corrected chi connectivity index (χ1v) is 7.30. The molecule has 2 fully saturated rings. The molecule has 19 heavy (non-hydrogen) atoms. The molecule has 0 saturated carbocycles. The Bertz CT molecular complexity index is 343. The first kappa shape index (κ1) is 14.3. The second-order valence-electron chi connectivity index (χ2n) is 6.22. The minimum atomic E-state index is -0.227. The number of hydrogen-bond acceptors (Lipinski definition) is 3. The topological polar surface area (TPSA) is 75.4 Å². The van der Waals surface area contributed by atoms with E-state index in [0.717, 1.165) is 51.9 Å². The summed E-state index contributed by atoms with van der Waals surface area (Å²) in [5.41, 5.74) is 5.04. The summed E-state index contributed by atoms with van der Waals surface area (Å²) in [5.74, 6) is 0.434. The van der Waals surface area contributed by atoms with Crippen LogP contribution in [0.2, 0.25) is 0 Å². The average molecular weight is 267 g/mol. The molecule has 5 nitrogen and oxygen atoms in total. The van der Waals surface area contributed by atoms with E-state index in [9.17, 15) is 9.59 Å². The van der Waals surface area contributed by atoms with Gasteiger partial charge >= 0.3 is 0 Å². The maximum atomic E-state index is 12.6. The van der Waals surface area contributed by atoms with E-state index in [0.29, 0.717) is 18.2 Å². The Morgan fingerprint density at radius 2 is 1.84 bits per heavy atom. The highest BCUT2D eigenvalue weighted by atomic mass is 16.2. The molecule has 2 rings (SSSR count). The second-order valence-corrected chi connectivity index (χ2v) is 6.22. The Balaban J connectivity index is 1.86. The third-order valence-electron chi connectivity index (χ3n) is 4.62. The Morgan fingerprint density at radius 1 is 1.26 bits per heavy atom. The summed E-state index contributed by atoms with van der Waals surface area (Å²) in [6, 6.07) is 0. The van der Waals surface area contributed by atoms with Crippen molar-refractivity contribution >= 4 is 11.8 Å². The molecular weight excluding hydrogens is 242 g/mol. The predicted molar refractivity (Wildman–Crippen MR) is 73.3 cm³/mol. The highest BCUT2D eigenvalue weighted by Crippen LogP contribution is 2.32. The first-order valence-electron chi connectivity index (χ1n) is 7.30. The zero-order chi connectivity index (χ0) is 13.9. The van der Waals surface area contributed by atoms with Crippen LogP contribution in [0.5, 0.6) is 0 Å². The van der Waals surface area contributed by atoms with E-state index in [-0.39, 0.29) is 11.3 Å². The van der Waals surface area contributed by atoms with Crippen molar-refractivity contribution in [2.75, 3.05) is 26.2 Å². The largest absolute Gasteiger partial charge is 0.370 e. The fraction of sp³-hybridized carbons (Fsp3) is 0.857. The molecule has 2 heterocycles. The van der Waals surface area contributed by atoms with Gasteiger partial charge in [0, 0.05) is 24.9 Å². The number of primary amides is 1. The number of rotatable bonds is 3. The maximum absolute atomic E-state index is 12.6. The number of likely N-dealkylation sites (tertiary alicyclic amines) is 1. The SMILES string of the molecule is CC1(C(=O)N2CCC(CC(N)=O)CC2)CCNCC1. The Hall–Kier alpha value is -1.10. The molecule has 5 heteroatoms. The van der Waals surface area contributed by atoms with E-state index in [2.05, 4.69) is 12.2 Å². The molecule has 0 spiro atoms. The van der Waals surface area contributed by atoms with Crippen LogP contribution in [0.3, 0.4) is 0 Å². The molecule has 2 aliphatic rings. The lowest BCUT2D eigenvalue weighted by Gasteiger charge is -2.40. The number of carbonyl (C=O) groups excluding carboxylic acids is 2. The Morgan fingerprint density at radius 3 is 2.37 bits per heavy atom. The van der Waals surface area contributed by atoms with E-state index in [1.165, 1.54) is 0 Å². The molecule has 2 amide bonds. The van der Waals surface area contributed by atoms with E-state index in [1.807, 2.05) is 4.90 Å². The molecule has 2 aliphatic heterocycles. The van der Waals surface area contributed by atoms with Crippen LogP contribution in [0.25, 0.3) is 0 Å². The molecule has 0 aromatic rings. The zero-order valence-corrected chi connectivity index (χ0v) is 11.8. The molecule has 0 aromatic carbocycles. The molecule has 108 valence electrons. The van der Waals surface area contributed by atoms with Gasteiger partial charge in [-0.1, -0.05) is 6.92 Å². The standard InChI is InChI=1S/C14H25N3O2/c1-14(4-6-16-7-5-14)13(19)17-8-2-11(3-9-17)10-12(15)18/h11,16H,2-10H2,1H3,(H2,15,18). The maximum Gasteiger partial charge on any atom is 0.228 e. The van der Waals surface area contributed by atoms with Crippen LogP contribution in [-0.2, 0) is 9.59 Å². The van der Waals surface area contributed by atoms with Gasteiger partial charge in [-0.05, 0) is 44.7 Å². The van der Waals surface area contributed by atoms with Crippen LogP contribution in [0.1, 0.15) is 39.0 Å². The molecule has 0 bridgehead atoms. The third kappa shape index (κ3) is 3.47. The monoisotopic (exact) mass is 267 g/mol. The smallest absolute Gasteiger partial charge is 0.228 e. The van der Waals surface area contributed by atoms with Crippen molar-refractivity contribution in [3.8, 4) is 0 Å². The highest BCUT2D eigenvalue weighted by molar-refractivity contribution is 5.82. The fourth-order valence-corrected chi connectivity index (χ4v) is 3.20. The number of hydrogen-bond donors (Lipinski definition) is 2. The van der Waals surface area contributed by atoms with Crippen molar-refractivity contribution in [3.63, 3.8) is 0 Å². The predicted octanol–water partition coefficient (Wildman–Crippen LogP) is 0.490. The molecular formula is C14H25N3O2. The van der Waals surface area contributed by atoms with Crippen LogP contribution in [0.15, 0.2) is 0 Å². The molecule has 0 unspecified atom stereocenters. The fourth-order valence-electron chi connectivity index (χ4n) is 3.20. The van der Waals surface area contributed by atoms with Gasteiger partial charge in [-0.15, -0.1) is 0 Å². The minimum Gasteiger partial charge on any atom is -0.370 e. The quantitative estimate of drug-likeness (QED) is 0.781. The summed E-state index contributed by atoms with van der Waals surface area (Å²) >= 11 is 0. The molecule has 3 N–H and O–H groups in total. The van der Waals surface area contributed by atoms with Gasteiger partial charge in [0.2, 0.25) is 11.8 Å². The second kappa shape index (κ2) is 5.90. The summed E-state index contributed by atoms with van der Waals surface area (Å²) in [5, 5.41) is 3.30. The summed E-state index contributed by atoms with van der Waals surface area (Å²) in [6.07, 6.45) is 4.12. The van der Waals surface area contributed by atoms with E-state index >= 15 is 0 Å². The summed E-state index contributed by atoms with van der Waals surface area (Å²) in [6.45, 7) is 5.51. The number of piperidine rings is 2. The lowest BCUT2D eigenvalue weighted by Crippen LogP contribution is -2.50. The summed E-state index contributed by atoms with van der Waals surface area (Å²) < 4.78 is 0. The van der Waals surface area contributed by atoms with Gasteiger partial charge in [0.25, 0.3) is 0 Å². The lowest BCUT2D eigenvalue weighted by molar-refractivity contribution is -0.144. The normalized spacial score (nSPS) is 24.2. The number of nitrogens with one attached hydrogen (secondary N) is 1.